The monoisotopic (exact) mass is 510 g/mol. The third-order valence-corrected chi connectivity index (χ3v) is 5.38. The van der Waals surface area contributed by atoms with E-state index in [1.807, 2.05) is 25.1 Å². The third-order valence-electron chi connectivity index (χ3n) is 4.69. The Bertz CT molecular complexity index is 1270. The minimum absolute atomic E-state index is 0.173. The predicted octanol–water partition coefficient (Wildman–Crippen LogP) is 6.08. The van der Waals surface area contributed by atoms with E-state index in [1.165, 1.54) is 18.3 Å². The van der Waals surface area contributed by atoms with Gasteiger partial charge in [0.2, 0.25) is 0 Å². The van der Waals surface area contributed by atoms with E-state index in [-0.39, 0.29) is 18.2 Å². The molecule has 1 aromatic heterocycles. The molecule has 6 nitrogen and oxygen atoms in total. The zero-order valence-corrected chi connectivity index (χ0v) is 19.3. The molecule has 0 aliphatic heterocycles. The van der Waals surface area contributed by atoms with Crippen molar-refractivity contribution in [2.45, 2.75) is 13.5 Å². The molecule has 0 unspecified atom stereocenters. The van der Waals surface area contributed by atoms with Crippen LogP contribution >= 0.6 is 15.9 Å². The molecule has 1 heterocycles. The summed E-state index contributed by atoms with van der Waals surface area (Å²) < 4.78 is 30.9. The number of rotatable bonds is 8. The highest BCUT2D eigenvalue weighted by molar-refractivity contribution is 9.10. The predicted molar refractivity (Wildman–Crippen MR) is 127 cm³/mol. The van der Waals surface area contributed by atoms with Gasteiger partial charge in [0, 0.05) is 15.4 Å². The SMILES string of the molecule is CCOc1cc(/C=N/NC(=O)c2cc3ccccc3o2)c(Br)cc1OCc1ccc(F)cc1. The van der Waals surface area contributed by atoms with Crippen molar-refractivity contribution in [3.63, 3.8) is 0 Å². The number of amides is 1. The number of hydrazone groups is 1. The van der Waals surface area contributed by atoms with E-state index in [0.717, 1.165) is 10.9 Å². The summed E-state index contributed by atoms with van der Waals surface area (Å²) in [6.45, 7) is 2.56. The van der Waals surface area contributed by atoms with Crippen LogP contribution in [-0.4, -0.2) is 18.7 Å². The minimum atomic E-state index is -0.456. The molecule has 0 bridgehead atoms. The van der Waals surface area contributed by atoms with E-state index in [0.29, 0.717) is 33.7 Å². The Morgan fingerprint density at radius 3 is 2.61 bits per heavy atom. The van der Waals surface area contributed by atoms with Crippen molar-refractivity contribution in [1.29, 1.82) is 0 Å². The number of para-hydroxylation sites is 1. The summed E-state index contributed by atoms with van der Waals surface area (Å²) in [5.74, 6) is 0.465. The molecule has 0 atom stereocenters. The van der Waals surface area contributed by atoms with Crippen molar-refractivity contribution >= 4 is 39.0 Å². The maximum absolute atomic E-state index is 13.1. The fourth-order valence-corrected chi connectivity index (χ4v) is 3.51. The zero-order valence-electron chi connectivity index (χ0n) is 17.7. The molecule has 33 heavy (non-hydrogen) atoms. The fraction of sp³-hybridized carbons (Fsp3) is 0.120. The first kappa shape index (κ1) is 22.5. The Kier molecular flexibility index (Phi) is 7.04. The quantitative estimate of drug-likeness (QED) is 0.230. The molecule has 8 heteroatoms. The molecule has 3 aromatic carbocycles. The summed E-state index contributed by atoms with van der Waals surface area (Å²) in [5.41, 5.74) is 4.60. The van der Waals surface area contributed by atoms with Crippen LogP contribution in [0.15, 0.2) is 80.7 Å². The molecule has 1 N–H and O–H groups in total. The minimum Gasteiger partial charge on any atom is -0.490 e. The van der Waals surface area contributed by atoms with Crippen molar-refractivity contribution in [3.05, 3.63) is 93.9 Å². The number of hydrogen-bond donors (Lipinski definition) is 1. The van der Waals surface area contributed by atoms with Gasteiger partial charge in [-0.25, -0.2) is 9.82 Å². The van der Waals surface area contributed by atoms with Gasteiger partial charge in [0.15, 0.2) is 17.3 Å². The maximum atomic E-state index is 13.1. The van der Waals surface area contributed by atoms with Crippen molar-refractivity contribution in [2.75, 3.05) is 6.61 Å². The van der Waals surface area contributed by atoms with Crippen LogP contribution in [0.25, 0.3) is 11.0 Å². The second-order valence-electron chi connectivity index (χ2n) is 7.02. The summed E-state index contributed by atoms with van der Waals surface area (Å²) in [7, 11) is 0. The van der Waals surface area contributed by atoms with Gasteiger partial charge in [-0.15, -0.1) is 0 Å². The Morgan fingerprint density at radius 2 is 1.85 bits per heavy atom. The van der Waals surface area contributed by atoms with Crippen LogP contribution in [0.5, 0.6) is 11.5 Å². The van der Waals surface area contributed by atoms with Gasteiger partial charge in [-0.2, -0.15) is 5.10 Å². The third kappa shape index (κ3) is 5.59. The number of ether oxygens (including phenoxy) is 2. The largest absolute Gasteiger partial charge is 0.490 e. The van der Waals surface area contributed by atoms with Gasteiger partial charge in [-0.05, 0) is 64.8 Å². The lowest BCUT2D eigenvalue weighted by molar-refractivity contribution is 0.0929. The van der Waals surface area contributed by atoms with E-state index in [9.17, 15) is 9.18 Å². The molecule has 4 rings (SSSR count). The Labute approximate surface area is 198 Å². The van der Waals surface area contributed by atoms with Crippen molar-refractivity contribution in [1.82, 2.24) is 5.43 Å². The molecule has 168 valence electrons. The van der Waals surface area contributed by atoms with Gasteiger partial charge < -0.3 is 13.9 Å². The Balaban J connectivity index is 1.46. The van der Waals surface area contributed by atoms with Crippen LogP contribution in [0, 0.1) is 5.82 Å². The van der Waals surface area contributed by atoms with Gasteiger partial charge in [0.25, 0.3) is 0 Å². The van der Waals surface area contributed by atoms with Crippen molar-refractivity contribution in [2.24, 2.45) is 5.10 Å². The number of fused-ring (bicyclic) bond motifs is 1. The second-order valence-corrected chi connectivity index (χ2v) is 7.87. The van der Waals surface area contributed by atoms with Crippen LogP contribution in [0.1, 0.15) is 28.6 Å². The molecule has 1 amide bonds. The van der Waals surface area contributed by atoms with Crippen LogP contribution < -0.4 is 14.9 Å². The number of nitrogens with one attached hydrogen (secondary N) is 1. The molecular weight excluding hydrogens is 491 g/mol. The Hall–Kier alpha value is -3.65. The number of nitrogens with zero attached hydrogens (tertiary/aromatic N) is 1. The van der Waals surface area contributed by atoms with Crippen molar-refractivity contribution < 1.29 is 23.1 Å². The molecule has 0 aliphatic rings. The standard InChI is InChI=1S/C25H20BrFN2O4/c1-2-31-22-12-18(20(26)13-23(22)32-15-16-7-9-19(27)10-8-16)14-28-29-25(30)24-11-17-5-3-4-6-21(17)33-24/h3-14H,2,15H2,1H3,(H,29,30)/b28-14+. The highest BCUT2D eigenvalue weighted by atomic mass is 79.9. The molecule has 0 aliphatic carbocycles. The molecule has 0 saturated heterocycles. The van der Waals surface area contributed by atoms with Crippen LogP contribution in [0.3, 0.4) is 0 Å². The zero-order chi connectivity index (χ0) is 23.2. The van der Waals surface area contributed by atoms with Crippen LogP contribution in [0.4, 0.5) is 4.39 Å². The average Bonchev–Trinajstić information content (AvgIpc) is 3.25. The summed E-state index contributed by atoms with van der Waals surface area (Å²) in [4.78, 5) is 12.4. The first-order valence-corrected chi connectivity index (χ1v) is 11.0. The van der Waals surface area contributed by atoms with Gasteiger partial charge >= 0.3 is 5.91 Å². The lowest BCUT2D eigenvalue weighted by Gasteiger charge is -2.14. The molecule has 0 saturated carbocycles. The van der Waals surface area contributed by atoms with E-state index in [1.54, 1.807) is 36.4 Å². The van der Waals surface area contributed by atoms with E-state index < -0.39 is 5.91 Å². The smallest absolute Gasteiger partial charge is 0.307 e. The van der Waals surface area contributed by atoms with E-state index >= 15 is 0 Å². The average molecular weight is 511 g/mol. The highest BCUT2D eigenvalue weighted by Crippen LogP contribution is 2.34. The number of hydrogen-bond acceptors (Lipinski definition) is 5. The number of furan rings is 1. The topological polar surface area (TPSA) is 73.1 Å². The first-order valence-electron chi connectivity index (χ1n) is 10.2. The molecule has 0 radical (unpaired) electrons. The molecule has 0 spiro atoms. The van der Waals surface area contributed by atoms with E-state index in [2.05, 4.69) is 26.5 Å². The van der Waals surface area contributed by atoms with Gasteiger partial charge in [0.1, 0.15) is 18.0 Å². The second kappa shape index (κ2) is 10.3. The normalized spacial score (nSPS) is 11.1. The molecule has 4 aromatic rings. The lowest BCUT2D eigenvalue weighted by Crippen LogP contribution is -2.16. The summed E-state index contributed by atoms with van der Waals surface area (Å²) in [6.07, 6.45) is 1.50. The fourth-order valence-electron chi connectivity index (χ4n) is 3.08. The molecular formula is C25H20BrFN2O4. The van der Waals surface area contributed by atoms with Crippen LogP contribution in [-0.2, 0) is 6.61 Å². The van der Waals surface area contributed by atoms with Gasteiger partial charge in [-0.1, -0.05) is 30.3 Å². The summed E-state index contributed by atoms with van der Waals surface area (Å²) in [5, 5.41) is 4.87. The van der Waals surface area contributed by atoms with Gasteiger partial charge in [0.05, 0.1) is 12.8 Å². The number of halogens is 2. The van der Waals surface area contributed by atoms with Crippen molar-refractivity contribution in [3.8, 4) is 11.5 Å². The van der Waals surface area contributed by atoms with E-state index in [4.69, 9.17) is 13.9 Å². The highest BCUT2D eigenvalue weighted by Gasteiger charge is 2.13. The number of carbonyl (C=O) groups is 1. The lowest BCUT2D eigenvalue weighted by atomic mass is 10.2. The Morgan fingerprint density at radius 1 is 1.09 bits per heavy atom. The van der Waals surface area contributed by atoms with Crippen LogP contribution in [0.2, 0.25) is 0 Å². The number of benzene rings is 3. The van der Waals surface area contributed by atoms with Gasteiger partial charge in [-0.3, -0.25) is 4.79 Å². The first-order chi connectivity index (χ1) is 16.0. The summed E-state index contributed by atoms with van der Waals surface area (Å²) in [6, 6.07) is 18.6. The molecule has 0 fully saturated rings. The summed E-state index contributed by atoms with van der Waals surface area (Å²) >= 11 is 3.50. The maximum Gasteiger partial charge on any atom is 0.307 e. The number of carbonyl (C=O) groups excluding carboxylic acids is 1.